The molecule has 0 radical (unpaired) electrons. The molecule has 1 aromatic heterocycles. The first kappa shape index (κ1) is 14.9. The van der Waals surface area contributed by atoms with Crippen LogP contribution >= 0.6 is 0 Å². The van der Waals surface area contributed by atoms with Gasteiger partial charge in [0, 0.05) is 13.1 Å². The minimum absolute atomic E-state index is 0.234. The minimum Gasteiger partial charge on any atom is -0.497 e. The summed E-state index contributed by atoms with van der Waals surface area (Å²) in [6.45, 7) is 1.69. The smallest absolute Gasteiger partial charge is 0.279 e. The molecule has 0 bridgehead atoms. The molecule has 3 rings (SSSR count). The van der Waals surface area contributed by atoms with E-state index in [1.54, 1.807) is 18.0 Å². The van der Waals surface area contributed by atoms with Crippen molar-refractivity contribution in [2.75, 3.05) is 20.2 Å². The number of nitrogens with one attached hydrogen (secondary N) is 1. The molecule has 1 aliphatic rings. The SMILES string of the molecule is COc1ccc(Cn2cc(CN3CCNS3(=O)=O)nn2)cc1. The Bertz CT molecular complexity index is 741. The first-order valence-electron chi connectivity index (χ1n) is 6.83. The van der Waals surface area contributed by atoms with Crippen LogP contribution in [0.1, 0.15) is 11.3 Å². The molecule has 0 aliphatic carbocycles. The number of hydrogen-bond acceptors (Lipinski definition) is 5. The lowest BCUT2D eigenvalue weighted by molar-refractivity contribution is 0.414. The number of hydrogen-bond donors (Lipinski definition) is 1. The summed E-state index contributed by atoms with van der Waals surface area (Å²) in [6, 6.07) is 7.68. The average Bonchev–Trinajstić information content (AvgIpc) is 3.07. The second-order valence-corrected chi connectivity index (χ2v) is 6.74. The largest absolute Gasteiger partial charge is 0.497 e. The van der Waals surface area contributed by atoms with Crippen LogP contribution in [-0.4, -0.2) is 47.9 Å². The van der Waals surface area contributed by atoms with Crippen molar-refractivity contribution in [3.05, 3.63) is 41.7 Å². The molecule has 2 heterocycles. The van der Waals surface area contributed by atoms with E-state index in [-0.39, 0.29) is 6.54 Å². The van der Waals surface area contributed by atoms with Crippen LogP contribution in [0.3, 0.4) is 0 Å². The van der Waals surface area contributed by atoms with Crippen LogP contribution < -0.4 is 9.46 Å². The Morgan fingerprint density at radius 3 is 2.68 bits per heavy atom. The van der Waals surface area contributed by atoms with Gasteiger partial charge < -0.3 is 4.74 Å². The molecule has 0 amide bonds. The van der Waals surface area contributed by atoms with E-state index in [9.17, 15) is 8.42 Å². The van der Waals surface area contributed by atoms with Crippen LogP contribution in [0.2, 0.25) is 0 Å². The summed E-state index contributed by atoms with van der Waals surface area (Å²) in [5.74, 6) is 0.801. The van der Waals surface area contributed by atoms with Gasteiger partial charge in [-0.3, -0.25) is 0 Å². The van der Waals surface area contributed by atoms with Crippen LogP contribution in [0.25, 0.3) is 0 Å². The highest BCUT2D eigenvalue weighted by atomic mass is 32.2. The molecule has 22 heavy (non-hydrogen) atoms. The number of benzene rings is 1. The third kappa shape index (κ3) is 3.26. The zero-order chi connectivity index (χ0) is 15.6. The Balaban J connectivity index is 1.65. The summed E-state index contributed by atoms with van der Waals surface area (Å²) in [4.78, 5) is 0. The van der Waals surface area contributed by atoms with E-state index in [1.165, 1.54) is 4.31 Å². The van der Waals surface area contributed by atoms with Crippen molar-refractivity contribution in [2.45, 2.75) is 13.1 Å². The van der Waals surface area contributed by atoms with E-state index in [4.69, 9.17) is 4.74 Å². The number of ether oxygens (including phenoxy) is 1. The van der Waals surface area contributed by atoms with Crippen LogP contribution in [0, 0.1) is 0 Å². The van der Waals surface area contributed by atoms with Crippen LogP contribution in [0.15, 0.2) is 30.5 Å². The molecule has 0 atom stereocenters. The highest BCUT2D eigenvalue weighted by Gasteiger charge is 2.28. The van der Waals surface area contributed by atoms with Gasteiger partial charge in [0.05, 0.1) is 32.1 Å². The Kier molecular flexibility index (Phi) is 4.10. The van der Waals surface area contributed by atoms with Gasteiger partial charge in [-0.05, 0) is 17.7 Å². The van der Waals surface area contributed by atoms with Gasteiger partial charge in [0.2, 0.25) is 0 Å². The second-order valence-electron chi connectivity index (χ2n) is 4.99. The maximum Gasteiger partial charge on any atom is 0.279 e. The molecule has 0 saturated carbocycles. The zero-order valence-corrected chi connectivity index (χ0v) is 13.0. The Morgan fingerprint density at radius 2 is 2.05 bits per heavy atom. The second kappa shape index (κ2) is 6.03. The Morgan fingerprint density at radius 1 is 1.27 bits per heavy atom. The van der Waals surface area contributed by atoms with Gasteiger partial charge >= 0.3 is 0 Å². The van der Waals surface area contributed by atoms with E-state index in [0.717, 1.165) is 11.3 Å². The summed E-state index contributed by atoms with van der Waals surface area (Å²) < 4.78 is 34.0. The molecule has 9 heteroatoms. The molecule has 1 aromatic carbocycles. The van der Waals surface area contributed by atoms with Gasteiger partial charge in [-0.25, -0.2) is 9.40 Å². The summed E-state index contributed by atoms with van der Waals surface area (Å²) in [6.07, 6.45) is 1.76. The number of nitrogens with zero attached hydrogens (tertiary/aromatic N) is 4. The Labute approximate surface area is 128 Å². The molecule has 0 unspecified atom stereocenters. The van der Waals surface area contributed by atoms with Gasteiger partial charge in [-0.2, -0.15) is 12.7 Å². The predicted octanol–water partition coefficient (Wildman–Crippen LogP) is -0.0150. The maximum absolute atomic E-state index is 11.7. The quantitative estimate of drug-likeness (QED) is 0.835. The molecule has 118 valence electrons. The summed E-state index contributed by atoms with van der Waals surface area (Å²) >= 11 is 0. The molecule has 1 saturated heterocycles. The first-order chi connectivity index (χ1) is 10.6. The molecule has 1 fully saturated rings. The van der Waals surface area contributed by atoms with Crippen molar-refractivity contribution in [3.63, 3.8) is 0 Å². The van der Waals surface area contributed by atoms with Crippen molar-refractivity contribution in [1.29, 1.82) is 0 Å². The van der Waals surface area contributed by atoms with E-state index in [1.807, 2.05) is 24.3 Å². The first-order valence-corrected chi connectivity index (χ1v) is 8.27. The van der Waals surface area contributed by atoms with Crippen molar-refractivity contribution in [2.24, 2.45) is 0 Å². The van der Waals surface area contributed by atoms with Crippen LogP contribution in [-0.2, 0) is 23.3 Å². The Hall–Kier alpha value is -1.97. The third-order valence-electron chi connectivity index (χ3n) is 3.41. The number of aromatic nitrogens is 3. The normalized spacial score (nSPS) is 17.7. The fourth-order valence-electron chi connectivity index (χ4n) is 2.26. The number of rotatable bonds is 5. The standard InChI is InChI=1S/C13H17N5O3S/c1-21-13-4-2-11(3-5-13)8-17-9-12(15-16-17)10-18-7-6-14-22(18,19)20/h2-5,9,14H,6-8,10H2,1H3. The maximum atomic E-state index is 11.7. The molecular formula is C13H17N5O3S. The summed E-state index contributed by atoms with van der Waals surface area (Å²) in [5.41, 5.74) is 1.69. The van der Waals surface area contributed by atoms with E-state index in [2.05, 4.69) is 15.0 Å². The van der Waals surface area contributed by atoms with Crippen molar-refractivity contribution < 1.29 is 13.2 Å². The lowest BCUT2D eigenvalue weighted by Gasteiger charge is -2.10. The zero-order valence-electron chi connectivity index (χ0n) is 12.1. The summed E-state index contributed by atoms with van der Waals surface area (Å²) in [7, 11) is -1.73. The highest BCUT2D eigenvalue weighted by Crippen LogP contribution is 2.13. The predicted molar refractivity (Wildman–Crippen MR) is 79.5 cm³/mol. The topological polar surface area (TPSA) is 89.4 Å². The van der Waals surface area contributed by atoms with E-state index >= 15 is 0 Å². The van der Waals surface area contributed by atoms with Crippen molar-refractivity contribution in [3.8, 4) is 5.75 Å². The minimum atomic E-state index is -3.35. The molecule has 0 spiro atoms. The molecule has 1 aliphatic heterocycles. The van der Waals surface area contributed by atoms with E-state index in [0.29, 0.717) is 25.3 Å². The van der Waals surface area contributed by atoms with Gasteiger partial charge in [0.15, 0.2) is 0 Å². The van der Waals surface area contributed by atoms with Crippen molar-refractivity contribution >= 4 is 10.2 Å². The van der Waals surface area contributed by atoms with E-state index < -0.39 is 10.2 Å². The van der Waals surface area contributed by atoms with Gasteiger partial charge in [0.25, 0.3) is 10.2 Å². The third-order valence-corrected chi connectivity index (χ3v) is 4.97. The van der Waals surface area contributed by atoms with Gasteiger partial charge in [-0.15, -0.1) is 5.10 Å². The summed E-state index contributed by atoms with van der Waals surface area (Å²) in [5, 5.41) is 8.07. The van der Waals surface area contributed by atoms with Crippen molar-refractivity contribution in [1.82, 2.24) is 24.0 Å². The lowest BCUT2D eigenvalue weighted by Crippen LogP contribution is -2.29. The lowest BCUT2D eigenvalue weighted by atomic mass is 10.2. The van der Waals surface area contributed by atoms with Gasteiger partial charge in [0.1, 0.15) is 5.75 Å². The molecular weight excluding hydrogens is 306 g/mol. The molecule has 1 N–H and O–H groups in total. The van der Waals surface area contributed by atoms with Gasteiger partial charge in [-0.1, -0.05) is 17.3 Å². The van der Waals surface area contributed by atoms with Crippen LogP contribution in [0.5, 0.6) is 5.75 Å². The fourth-order valence-corrected chi connectivity index (χ4v) is 3.43. The number of methoxy groups -OCH3 is 1. The molecule has 2 aromatic rings. The molecule has 8 nitrogen and oxygen atoms in total. The monoisotopic (exact) mass is 323 g/mol. The highest BCUT2D eigenvalue weighted by molar-refractivity contribution is 7.87. The van der Waals surface area contributed by atoms with Crippen LogP contribution in [0.4, 0.5) is 0 Å². The average molecular weight is 323 g/mol. The fraction of sp³-hybridized carbons (Fsp3) is 0.385.